The van der Waals surface area contributed by atoms with E-state index >= 15 is 0 Å². The van der Waals surface area contributed by atoms with Crippen molar-refractivity contribution in [1.29, 1.82) is 0 Å². The highest BCUT2D eigenvalue weighted by Crippen LogP contribution is 2.08. The molecule has 0 aromatic heterocycles. The molecule has 2 amide bonds. The molecule has 116 valence electrons. The highest BCUT2D eigenvalue weighted by atomic mass is 16.2. The topological polar surface area (TPSA) is 75.4 Å². The summed E-state index contributed by atoms with van der Waals surface area (Å²) in [7, 11) is 0. The first-order valence-corrected chi connectivity index (χ1v) is 7.36. The molecule has 5 nitrogen and oxygen atoms in total. The number of hydrogen-bond acceptors (Lipinski definition) is 3. The summed E-state index contributed by atoms with van der Waals surface area (Å²) in [6.45, 7) is 5.69. The summed E-state index contributed by atoms with van der Waals surface area (Å²) in [5, 5.41) is 3.22. The maximum Gasteiger partial charge on any atom is 0.224 e. The Morgan fingerprint density at radius 3 is 2.52 bits per heavy atom. The summed E-state index contributed by atoms with van der Waals surface area (Å²) >= 11 is 0. The predicted octanol–water partition coefficient (Wildman–Crippen LogP) is 1.28. The van der Waals surface area contributed by atoms with E-state index in [-0.39, 0.29) is 24.3 Å². The number of primary amides is 1. The van der Waals surface area contributed by atoms with Crippen molar-refractivity contribution in [3.63, 3.8) is 0 Å². The Labute approximate surface area is 126 Å². The minimum atomic E-state index is -0.388. The van der Waals surface area contributed by atoms with Crippen molar-refractivity contribution in [2.24, 2.45) is 5.73 Å². The van der Waals surface area contributed by atoms with Crippen LogP contribution in [0.4, 0.5) is 0 Å². The van der Waals surface area contributed by atoms with Gasteiger partial charge in [-0.3, -0.25) is 9.59 Å². The molecule has 1 unspecified atom stereocenters. The molecule has 0 radical (unpaired) electrons. The van der Waals surface area contributed by atoms with Crippen LogP contribution in [0, 0.1) is 0 Å². The molecule has 1 rings (SSSR count). The van der Waals surface area contributed by atoms with Gasteiger partial charge in [-0.05, 0) is 19.0 Å². The smallest absolute Gasteiger partial charge is 0.224 e. The quantitative estimate of drug-likeness (QED) is 0.719. The van der Waals surface area contributed by atoms with Crippen molar-refractivity contribution in [1.82, 2.24) is 10.2 Å². The zero-order valence-electron chi connectivity index (χ0n) is 12.8. The molecule has 0 bridgehead atoms. The zero-order chi connectivity index (χ0) is 15.7. The molecule has 1 aromatic rings. The van der Waals surface area contributed by atoms with E-state index in [2.05, 4.69) is 5.32 Å². The fourth-order valence-electron chi connectivity index (χ4n) is 2.15. The van der Waals surface area contributed by atoms with Crippen LogP contribution in [0.15, 0.2) is 30.3 Å². The molecule has 21 heavy (non-hydrogen) atoms. The van der Waals surface area contributed by atoms with Crippen LogP contribution >= 0.6 is 0 Å². The normalized spacial score (nSPS) is 11.9. The van der Waals surface area contributed by atoms with Crippen LogP contribution in [0.2, 0.25) is 0 Å². The second-order valence-corrected chi connectivity index (χ2v) is 5.18. The summed E-state index contributed by atoms with van der Waals surface area (Å²) in [6, 6.07) is 9.87. The number of amides is 2. The second-order valence-electron chi connectivity index (χ2n) is 5.18. The van der Waals surface area contributed by atoms with Gasteiger partial charge < -0.3 is 16.0 Å². The number of carbonyl (C=O) groups excluding carboxylic acids is 2. The van der Waals surface area contributed by atoms with E-state index in [4.69, 9.17) is 5.73 Å². The van der Waals surface area contributed by atoms with Gasteiger partial charge in [-0.1, -0.05) is 37.3 Å². The zero-order valence-corrected chi connectivity index (χ0v) is 12.8. The van der Waals surface area contributed by atoms with Crippen LogP contribution in [-0.4, -0.2) is 35.8 Å². The number of nitrogens with zero attached hydrogens (tertiary/aromatic N) is 1. The van der Waals surface area contributed by atoms with E-state index in [9.17, 15) is 9.59 Å². The monoisotopic (exact) mass is 291 g/mol. The Hall–Kier alpha value is -1.88. The van der Waals surface area contributed by atoms with Gasteiger partial charge in [-0.25, -0.2) is 0 Å². The average molecular weight is 291 g/mol. The summed E-state index contributed by atoms with van der Waals surface area (Å²) in [4.78, 5) is 25.1. The number of benzene rings is 1. The number of nitrogens with two attached hydrogens (primary N) is 1. The van der Waals surface area contributed by atoms with E-state index < -0.39 is 0 Å². The minimum Gasteiger partial charge on any atom is -0.370 e. The predicted molar refractivity (Wildman–Crippen MR) is 83.4 cm³/mol. The first kappa shape index (κ1) is 17.2. The van der Waals surface area contributed by atoms with Crippen molar-refractivity contribution < 1.29 is 9.59 Å². The van der Waals surface area contributed by atoms with Gasteiger partial charge in [-0.15, -0.1) is 0 Å². The summed E-state index contributed by atoms with van der Waals surface area (Å²) in [5.74, 6) is -0.353. The van der Waals surface area contributed by atoms with E-state index in [0.29, 0.717) is 19.5 Å². The molecule has 0 heterocycles. The Balaban J connectivity index is 2.66. The minimum absolute atomic E-state index is 0.0357. The Bertz CT molecular complexity index is 448. The maximum absolute atomic E-state index is 12.4. The second kappa shape index (κ2) is 9.13. The molecule has 0 spiro atoms. The van der Waals surface area contributed by atoms with Crippen LogP contribution in [0.5, 0.6) is 0 Å². The van der Waals surface area contributed by atoms with Gasteiger partial charge in [0.1, 0.15) is 0 Å². The SMILES string of the molecule is CCNC(C)CC(=O)N(CCC(N)=O)Cc1ccccc1. The van der Waals surface area contributed by atoms with Gasteiger partial charge in [0.2, 0.25) is 11.8 Å². The molecule has 1 aromatic carbocycles. The van der Waals surface area contributed by atoms with Gasteiger partial charge in [0.05, 0.1) is 0 Å². The average Bonchev–Trinajstić information content (AvgIpc) is 2.44. The fraction of sp³-hybridized carbons (Fsp3) is 0.500. The summed E-state index contributed by atoms with van der Waals surface area (Å²) in [5.41, 5.74) is 6.24. The van der Waals surface area contributed by atoms with Gasteiger partial charge in [-0.2, -0.15) is 0 Å². The summed E-state index contributed by atoms with van der Waals surface area (Å²) in [6.07, 6.45) is 0.605. The van der Waals surface area contributed by atoms with E-state index in [1.807, 2.05) is 44.2 Å². The van der Waals surface area contributed by atoms with Crippen LogP contribution in [0.25, 0.3) is 0 Å². The third-order valence-electron chi connectivity index (χ3n) is 3.23. The van der Waals surface area contributed by atoms with E-state index in [1.54, 1.807) is 4.90 Å². The highest BCUT2D eigenvalue weighted by molar-refractivity contribution is 5.78. The first-order chi connectivity index (χ1) is 10.0. The Morgan fingerprint density at radius 2 is 1.95 bits per heavy atom. The number of nitrogens with one attached hydrogen (secondary N) is 1. The molecule has 0 saturated carbocycles. The van der Waals surface area contributed by atoms with Gasteiger partial charge >= 0.3 is 0 Å². The van der Waals surface area contributed by atoms with Gasteiger partial charge in [0.25, 0.3) is 0 Å². The first-order valence-electron chi connectivity index (χ1n) is 7.36. The lowest BCUT2D eigenvalue weighted by molar-refractivity contribution is -0.132. The molecule has 0 saturated heterocycles. The molecule has 0 aliphatic heterocycles. The largest absolute Gasteiger partial charge is 0.370 e. The molecule has 1 atom stereocenters. The highest BCUT2D eigenvalue weighted by Gasteiger charge is 2.17. The maximum atomic E-state index is 12.4. The fourth-order valence-corrected chi connectivity index (χ4v) is 2.15. The lowest BCUT2D eigenvalue weighted by atomic mass is 10.1. The van der Waals surface area contributed by atoms with Crippen LogP contribution in [-0.2, 0) is 16.1 Å². The van der Waals surface area contributed by atoms with Gasteiger partial charge in [0.15, 0.2) is 0 Å². The lowest BCUT2D eigenvalue weighted by Crippen LogP contribution is -2.38. The van der Waals surface area contributed by atoms with Crippen molar-refractivity contribution in [3.8, 4) is 0 Å². The summed E-state index contributed by atoms with van der Waals surface area (Å²) < 4.78 is 0. The third kappa shape index (κ3) is 6.90. The molecular formula is C16H25N3O2. The molecule has 5 heteroatoms. The number of rotatable bonds is 9. The van der Waals surface area contributed by atoms with Crippen molar-refractivity contribution >= 4 is 11.8 Å². The third-order valence-corrected chi connectivity index (χ3v) is 3.23. The molecule has 0 fully saturated rings. The van der Waals surface area contributed by atoms with Gasteiger partial charge in [0, 0.05) is 32.0 Å². The van der Waals surface area contributed by atoms with Crippen molar-refractivity contribution in [2.75, 3.05) is 13.1 Å². The standard InChI is InChI=1S/C16H25N3O2/c1-3-18-13(2)11-16(21)19(10-9-15(17)20)12-14-7-5-4-6-8-14/h4-8,13,18H,3,9-12H2,1-2H3,(H2,17,20). The molecule has 0 aliphatic carbocycles. The van der Waals surface area contributed by atoms with Crippen LogP contribution in [0.1, 0.15) is 32.3 Å². The van der Waals surface area contributed by atoms with Crippen molar-refractivity contribution in [3.05, 3.63) is 35.9 Å². The Kier molecular flexibility index (Phi) is 7.46. The number of hydrogen-bond donors (Lipinski definition) is 2. The number of carbonyl (C=O) groups is 2. The Morgan fingerprint density at radius 1 is 1.29 bits per heavy atom. The van der Waals surface area contributed by atoms with Crippen LogP contribution < -0.4 is 11.1 Å². The molecule has 3 N–H and O–H groups in total. The van der Waals surface area contributed by atoms with Crippen molar-refractivity contribution in [2.45, 2.75) is 39.3 Å². The van der Waals surface area contributed by atoms with E-state index in [1.165, 1.54) is 0 Å². The lowest BCUT2D eigenvalue weighted by Gasteiger charge is -2.24. The molecule has 0 aliphatic rings. The molecular weight excluding hydrogens is 266 g/mol. The van der Waals surface area contributed by atoms with Crippen LogP contribution in [0.3, 0.4) is 0 Å². The van der Waals surface area contributed by atoms with E-state index in [0.717, 1.165) is 12.1 Å².